The van der Waals surface area contributed by atoms with E-state index in [0.717, 1.165) is 22.9 Å². The van der Waals surface area contributed by atoms with Gasteiger partial charge in [0.05, 0.1) is 0 Å². The van der Waals surface area contributed by atoms with Crippen molar-refractivity contribution in [2.45, 2.75) is 18.9 Å². The molecule has 0 unspecified atom stereocenters. The Labute approximate surface area is 155 Å². The van der Waals surface area contributed by atoms with E-state index < -0.39 is 11.8 Å². The summed E-state index contributed by atoms with van der Waals surface area (Å²) in [6, 6.07) is 7.85. The molecule has 1 saturated heterocycles. The number of amides is 3. The van der Waals surface area contributed by atoms with Crippen LogP contribution in [0, 0.1) is 0 Å². The summed E-state index contributed by atoms with van der Waals surface area (Å²) in [5.74, 6) is -1.12. The summed E-state index contributed by atoms with van der Waals surface area (Å²) in [6.45, 7) is 1.63. The van der Waals surface area contributed by atoms with Gasteiger partial charge in [0, 0.05) is 42.8 Å². The third-order valence-corrected chi connectivity index (χ3v) is 4.75. The Hall–Kier alpha value is -2.15. The topological polar surface area (TPSA) is 69.7 Å². The lowest BCUT2D eigenvalue weighted by molar-refractivity contribution is -0.148. The van der Waals surface area contributed by atoms with E-state index in [-0.39, 0.29) is 11.9 Å². The Kier molecular flexibility index (Phi) is 5.53. The predicted molar refractivity (Wildman–Crippen MR) is 97.5 cm³/mol. The van der Waals surface area contributed by atoms with Gasteiger partial charge in [0.15, 0.2) is 0 Å². The van der Waals surface area contributed by atoms with E-state index in [9.17, 15) is 14.4 Å². The van der Waals surface area contributed by atoms with Gasteiger partial charge in [-0.25, -0.2) is 0 Å². The summed E-state index contributed by atoms with van der Waals surface area (Å²) in [4.78, 5) is 39.3. The van der Waals surface area contributed by atoms with Gasteiger partial charge in [-0.1, -0.05) is 28.1 Å². The normalized spacial score (nSPS) is 17.6. The molecular weight excluding hydrogens is 386 g/mol. The highest BCUT2D eigenvalue weighted by atomic mass is 79.9. The monoisotopic (exact) mass is 405 g/mol. The second-order valence-electron chi connectivity index (χ2n) is 6.25. The molecule has 1 aromatic rings. The first-order valence-corrected chi connectivity index (χ1v) is 9.14. The molecule has 1 N–H and O–H groups in total. The predicted octanol–water partition coefficient (Wildman–Crippen LogP) is 1.41. The highest BCUT2D eigenvalue weighted by Gasteiger charge is 2.31. The summed E-state index contributed by atoms with van der Waals surface area (Å²) in [7, 11) is 0. The van der Waals surface area contributed by atoms with Gasteiger partial charge in [0.2, 0.25) is 5.91 Å². The average Bonchev–Trinajstić information content (AvgIpc) is 3.43. The van der Waals surface area contributed by atoms with Crippen molar-refractivity contribution in [1.82, 2.24) is 15.1 Å². The molecule has 0 spiro atoms. The second-order valence-corrected chi connectivity index (χ2v) is 7.17. The van der Waals surface area contributed by atoms with Crippen molar-refractivity contribution in [1.29, 1.82) is 0 Å². The number of nitrogens with zero attached hydrogens (tertiary/aromatic N) is 2. The first-order valence-electron chi connectivity index (χ1n) is 8.35. The Bertz CT molecular complexity index is 707. The number of nitrogens with one attached hydrogen (secondary N) is 1. The van der Waals surface area contributed by atoms with Crippen LogP contribution in [0.5, 0.6) is 0 Å². The smallest absolute Gasteiger partial charge is 0.312 e. The maximum Gasteiger partial charge on any atom is 0.312 e. The number of carbonyl (C=O) groups excluding carboxylic acids is 3. The van der Waals surface area contributed by atoms with Gasteiger partial charge in [-0.3, -0.25) is 14.4 Å². The molecule has 1 saturated carbocycles. The zero-order chi connectivity index (χ0) is 17.8. The van der Waals surface area contributed by atoms with Gasteiger partial charge in [-0.05, 0) is 36.6 Å². The van der Waals surface area contributed by atoms with Crippen molar-refractivity contribution in [3.8, 4) is 0 Å². The van der Waals surface area contributed by atoms with Gasteiger partial charge in [0.1, 0.15) is 0 Å². The molecule has 3 amide bonds. The van der Waals surface area contributed by atoms with E-state index >= 15 is 0 Å². The minimum atomic E-state index is -0.531. The number of hydrogen-bond donors (Lipinski definition) is 1. The van der Waals surface area contributed by atoms with Crippen LogP contribution in [-0.2, 0) is 14.4 Å². The maximum absolute atomic E-state index is 12.3. The van der Waals surface area contributed by atoms with Crippen LogP contribution in [0.4, 0.5) is 0 Å². The Morgan fingerprint density at radius 2 is 1.76 bits per heavy atom. The van der Waals surface area contributed by atoms with Crippen molar-refractivity contribution in [2.24, 2.45) is 0 Å². The molecule has 2 fully saturated rings. The van der Waals surface area contributed by atoms with Gasteiger partial charge >= 0.3 is 11.8 Å². The first kappa shape index (κ1) is 17.7. The zero-order valence-electron chi connectivity index (χ0n) is 13.8. The summed E-state index contributed by atoms with van der Waals surface area (Å²) >= 11 is 3.40. The standard InChI is InChI=1S/C18H20BrN3O3/c19-14-3-1-2-13(12-14)4-7-16(23)21-8-10-22(11-9-21)18(25)17(24)20-15-5-6-15/h1-4,7,12,15H,5-6,8-11H2,(H,20,24). The molecule has 6 nitrogen and oxygen atoms in total. The maximum atomic E-state index is 12.3. The Morgan fingerprint density at radius 1 is 1.08 bits per heavy atom. The molecule has 0 atom stereocenters. The number of piperazine rings is 1. The molecule has 3 rings (SSSR count). The molecule has 1 aromatic carbocycles. The number of carbonyl (C=O) groups is 3. The van der Waals surface area contributed by atoms with Crippen molar-refractivity contribution >= 4 is 39.7 Å². The third kappa shape index (κ3) is 4.92. The summed E-state index contributed by atoms with van der Waals surface area (Å²) in [6.07, 6.45) is 5.21. The van der Waals surface area contributed by atoms with Crippen LogP contribution in [0.15, 0.2) is 34.8 Å². The fourth-order valence-electron chi connectivity index (χ4n) is 2.63. The van der Waals surface area contributed by atoms with Gasteiger partial charge in [-0.15, -0.1) is 0 Å². The number of hydrogen-bond acceptors (Lipinski definition) is 3. The van der Waals surface area contributed by atoms with E-state index in [0.29, 0.717) is 26.2 Å². The zero-order valence-corrected chi connectivity index (χ0v) is 15.4. The molecule has 0 bridgehead atoms. The van der Waals surface area contributed by atoms with Crippen LogP contribution >= 0.6 is 15.9 Å². The largest absolute Gasteiger partial charge is 0.345 e. The number of rotatable bonds is 3. The molecule has 1 heterocycles. The molecule has 1 aliphatic carbocycles. The van der Waals surface area contributed by atoms with Crippen LogP contribution in [0.2, 0.25) is 0 Å². The molecule has 2 aliphatic rings. The molecular formula is C18H20BrN3O3. The van der Waals surface area contributed by atoms with Gasteiger partial charge in [0.25, 0.3) is 0 Å². The fourth-order valence-corrected chi connectivity index (χ4v) is 3.05. The van der Waals surface area contributed by atoms with Gasteiger partial charge < -0.3 is 15.1 Å². The van der Waals surface area contributed by atoms with E-state index in [1.807, 2.05) is 24.3 Å². The van der Waals surface area contributed by atoms with Crippen LogP contribution in [0.1, 0.15) is 18.4 Å². The summed E-state index contributed by atoms with van der Waals surface area (Å²) < 4.78 is 0.957. The lowest BCUT2D eigenvalue weighted by atomic mass is 10.2. The average molecular weight is 406 g/mol. The third-order valence-electron chi connectivity index (χ3n) is 4.25. The van der Waals surface area contributed by atoms with E-state index in [1.165, 1.54) is 4.90 Å². The van der Waals surface area contributed by atoms with Crippen molar-refractivity contribution < 1.29 is 14.4 Å². The lowest BCUT2D eigenvalue weighted by Crippen LogP contribution is -2.53. The SMILES string of the molecule is O=C(NC1CC1)C(=O)N1CCN(C(=O)C=Cc2cccc(Br)c2)CC1. The summed E-state index contributed by atoms with van der Waals surface area (Å²) in [5.41, 5.74) is 0.938. The Balaban J connectivity index is 1.48. The first-order chi connectivity index (χ1) is 12.0. The minimum absolute atomic E-state index is 0.0884. The fraction of sp³-hybridized carbons (Fsp3) is 0.389. The highest BCUT2D eigenvalue weighted by molar-refractivity contribution is 9.10. The Morgan fingerprint density at radius 3 is 2.40 bits per heavy atom. The number of halogens is 1. The molecule has 0 radical (unpaired) electrons. The molecule has 25 heavy (non-hydrogen) atoms. The van der Waals surface area contributed by atoms with Crippen molar-refractivity contribution in [3.63, 3.8) is 0 Å². The van der Waals surface area contributed by atoms with Crippen molar-refractivity contribution in [2.75, 3.05) is 26.2 Å². The highest BCUT2D eigenvalue weighted by Crippen LogP contribution is 2.18. The molecule has 132 valence electrons. The second kappa shape index (κ2) is 7.82. The quantitative estimate of drug-likeness (QED) is 0.610. The lowest BCUT2D eigenvalue weighted by Gasteiger charge is -2.33. The van der Waals surface area contributed by atoms with E-state index in [4.69, 9.17) is 0 Å². The van der Waals surface area contributed by atoms with Gasteiger partial charge in [-0.2, -0.15) is 0 Å². The molecule has 1 aliphatic heterocycles. The number of benzene rings is 1. The van der Waals surface area contributed by atoms with Crippen LogP contribution in [0.3, 0.4) is 0 Å². The summed E-state index contributed by atoms with van der Waals surface area (Å²) in [5, 5.41) is 2.70. The van der Waals surface area contributed by atoms with E-state index in [2.05, 4.69) is 21.2 Å². The minimum Gasteiger partial charge on any atom is -0.345 e. The van der Waals surface area contributed by atoms with Crippen molar-refractivity contribution in [3.05, 3.63) is 40.4 Å². The van der Waals surface area contributed by atoms with E-state index in [1.54, 1.807) is 17.1 Å². The molecule has 0 aromatic heterocycles. The van der Waals surface area contributed by atoms with Crippen LogP contribution in [0.25, 0.3) is 6.08 Å². The van der Waals surface area contributed by atoms with Crippen LogP contribution in [-0.4, -0.2) is 59.7 Å². The molecule has 7 heteroatoms. The van der Waals surface area contributed by atoms with Crippen LogP contribution < -0.4 is 5.32 Å².